The van der Waals surface area contributed by atoms with Crippen molar-refractivity contribution < 1.29 is 5.11 Å². The van der Waals surface area contributed by atoms with Crippen LogP contribution in [0.2, 0.25) is 0 Å². The van der Waals surface area contributed by atoms with Gasteiger partial charge in [0.15, 0.2) is 0 Å². The largest absolute Gasteiger partial charge is 0.385 e. The van der Waals surface area contributed by atoms with Gasteiger partial charge in [-0.25, -0.2) is 0 Å². The molecule has 0 saturated heterocycles. The molecule has 4 aliphatic carbocycles. The Bertz CT molecular complexity index is 544. The molecule has 0 bridgehead atoms. The molecule has 0 aromatic heterocycles. The average molecular weight is 298 g/mol. The van der Waals surface area contributed by atoms with Crippen molar-refractivity contribution in [2.45, 2.75) is 58.5 Å². The van der Waals surface area contributed by atoms with Gasteiger partial charge in [-0.1, -0.05) is 43.7 Å². The lowest BCUT2D eigenvalue weighted by Gasteiger charge is -2.57. The van der Waals surface area contributed by atoms with Gasteiger partial charge in [-0.05, 0) is 67.6 Å². The van der Waals surface area contributed by atoms with Crippen molar-refractivity contribution in [2.75, 3.05) is 0 Å². The summed E-state index contributed by atoms with van der Waals surface area (Å²) in [5.74, 6) is 3.25. The van der Waals surface area contributed by atoms with Crippen molar-refractivity contribution in [3.63, 3.8) is 0 Å². The predicted molar refractivity (Wildman–Crippen MR) is 91.3 cm³/mol. The summed E-state index contributed by atoms with van der Waals surface area (Å²) in [7, 11) is 0. The summed E-state index contributed by atoms with van der Waals surface area (Å²) in [6.07, 6.45) is 16.3. The molecule has 0 heterocycles. The van der Waals surface area contributed by atoms with E-state index in [2.05, 4.69) is 38.7 Å². The predicted octanol–water partition coefficient (Wildman–Crippen LogP) is 4.89. The quantitative estimate of drug-likeness (QED) is 0.683. The fraction of sp³-hybridized carbons (Fsp3) is 0.714. The van der Waals surface area contributed by atoms with Crippen molar-refractivity contribution in [3.05, 3.63) is 36.5 Å². The minimum absolute atomic E-state index is 0.204. The highest BCUT2D eigenvalue weighted by Gasteiger charge is 2.57. The van der Waals surface area contributed by atoms with Crippen molar-refractivity contribution in [3.8, 4) is 0 Å². The van der Waals surface area contributed by atoms with Crippen LogP contribution in [0.5, 0.6) is 0 Å². The van der Waals surface area contributed by atoms with Gasteiger partial charge in [-0.2, -0.15) is 0 Å². The van der Waals surface area contributed by atoms with E-state index in [4.69, 9.17) is 0 Å². The molecule has 4 rings (SSSR count). The molecule has 1 N–H and O–H groups in total. The van der Waals surface area contributed by atoms with Crippen molar-refractivity contribution in [1.29, 1.82) is 0 Å². The van der Waals surface area contributed by atoms with Crippen molar-refractivity contribution in [2.24, 2.45) is 34.5 Å². The maximum atomic E-state index is 9.94. The molecule has 0 spiro atoms. The second-order valence-corrected chi connectivity index (χ2v) is 8.70. The van der Waals surface area contributed by atoms with Gasteiger partial charge in [0.2, 0.25) is 0 Å². The summed E-state index contributed by atoms with van der Waals surface area (Å²) in [6, 6.07) is 0. The summed E-state index contributed by atoms with van der Waals surface area (Å²) >= 11 is 0. The van der Waals surface area contributed by atoms with Crippen LogP contribution in [0.1, 0.15) is 52.4 Å². The molecule has 120 valence electrons. The molecular weight excluding hydrogens is 268 g/mol. The van der Waals surface area contributed by atoms with Gasteiger partial charge in [0.25, 0.3) is 0 Å². The molecule has 7 atom stereocenters. The van der Waals surface area contributed by atoms with Crippen LogP contribution in [0.4, 0.5) is 0 Å². The van der Waals surface area contributed by atoms with Crippen LogP contribution in [0.3, 0.4) is 0 Å². The van der Waals surface area contributed by atoms with E-state index in [1.54, 1.807) is 0 Å². The van der Waals surface area contributed by atoms with E-state index in [1.807, 2.05) is 6.08 Å². The Morgan fingerprint density at radius 3 is 2.77 bits per heavy atom. The van der Waals surface area contributed by atoms with E-state index in [9.17, 15) is 5.11 Å². The fourth-order valence-electron chi connectivity index (χ4n) is 6.75. The van der Waals surface area contributed by atoms with Crippen LogP contribution < -0.4 is 0 Å². The van der Waals surface area contributed by atoms with E-state index in [1.165, 1.54) is 44.1 Å². The van der Waals surface area contributed by atoms with Gasteiger partial charge in [0, 0.05) is 5.41 Å². The Labute approximate surface area is 135 Å². The Morgan fingerprint density at radius 2 is 2.00 bits per heavy atom. The molecule has 22 heavy (non-hydrogen) atoms. The number of hydrogen-bond acceptors (Lipinski definition) is 1. The maximum absolute atomic E-state index is 9.94. The van der Waals surface area contributed by atoms with Crippen LogP contribution >= 0.6 is 0 Å². The number of rotatable bonds is 1. The molecule has 1 nitrogen and oxygen atoms in total. The topological polar surface area (TPSA) is 20.2 Å². The minimum Gasteiger partial charge on any atom is -0.385 e. The summed E-state index contributed by atoms with van der Waals surface area (Å²) in [5, 5.41) is 9.94. The fourth-order valence-corrected chi connectivity index (χ4v) is 6.75. The lowest BCUT2D eigenvalue weighted by Crippen LogP contribution is -2.49. The van der Waals surface area contributed by atoms with Crippen molar-refractivity contribution in [1.82, 2.24) is 0 Å². The number of aliphatic hydroxyl groups is 1. The third-order valence-electron chi connectivity index (χ3n) is 8.02. The first kappa shape index (κ1) is 14.8. The Morgan fingerprint density at radius 1 is 1.18 bits per heavy atom. The van der Waals surface area contributed by atoms with E-state index in [-0.39, 0.29) is 11.5 Å². The van der Waals surface area contributed by atoms with Crippen LogP contribution in [0.25, 0.3) is 0 Å². The smallest absolute Gasteiger partial charge is 0.0905 e. The second kappa shape index (κ2) is 4.84. The van der Waals surface area contributed by atoms with Crippen LogP contribution in [0.15, 0.2) is 36.5 Å². The normalized spacial score (nSPS) is 53.2. The molecule has 3 saturated carbocycles. The van der Waals surface area contributed by atoms with Crippen LogP contribution in [-0.2, 0) is 0 Å². The molecule has 1 unspecified atom stereocenters. The number of allylic oxidation sites excluding steroid dienone is 3. The monoisotopic (exact) mass is 298 g/mol. The van der Waals surface area contributed by atoms with E-state index in [0.29, 0.717) is 5.41 Å². The molecule has 0 aromatic carbocycles. The highest BCUT2D eigenvalue weighted by Crippen LogP contribution is 2.66. The number of fused-ring (bicyclic) bond motifs is 5. The van der Waals surface area contributed by atoms with Crippen LogP contribution in [-0.4, -0.2) is 11.2 Å². The molecule has 0 radical (unpaired) electrons. The molecule has 4 aliphatic rings. The molecular formula is C21H30O. The second-order valence-electron chi connectivity index (χ2n) is 8.70. The molecule has 0 amide bonds. The highest BCUT2D eigenvalue weighted by molar-refractivity contribution is 5.33. The maximum Gasteiger partial charge on any atom is 0.0905 e. The summed E-state index contributed by atoms with van der Waals surface area (Å²) in [6.45, 7) is 9.10. The Kier molecular flexibility index (Phi) is 3.24. The summed E-state index contributed by atoms with van der Waals surface area (Å²) in [4.78, 5) is 0. The standard InChI is InChI=1S/C21H30O/c1-4-14-6-8-18-17-7-5-15-13-16(22)9-11-21(15,3)19(17)10-12-20(14,18)2/h4,9,11,13-14,16-19,22H,1,5-8,10,12H2,2-3H3/t14-,16?,17-,18-,19-,20+,21-/m0/s1. The third-order valence-corrected chi connectivity index (χ3v) is 8.02. The molecule has 0 aromatic rings. The SMILES string of the molecule is C=C[C@H]1CC[C@H]2[C@@H]3CCC4=CC(O)C=C[C@]4(C)[C@H]3CC[C@]12C. The Hall–Kier alpha value is -0.820. The number of hydrogen-bond donors (Lipinski definition) is 1. The van der Waals surface area contributed by atoms with E-state index < -0.39 is 0 Å². The van der Waals surface area contributed by atoms with Gasteiger partial charge in [-0.15, -0.1) is 6.58 Å². The van der Waals surface area contributed by atoms with Gasteiger partial charge in [0.05, 0.1) is 6.10 Å². The first-order valence-electron chi connectivity index (χ1n) is 9.20. The molecule has 3 fully saturated rings. The zero-order chi connectivity index (χ0) is 15.5. The molecule has 0 aliphatic heterocycles. The van der Waals surface area contributed by atoms with E-state index in [0.717, 1.165) is 23.7 Å². The third kappa shape index (κ3) is 1.81. The first-order valence-corrected chi connectivity index (χ1v) is 9.20. The van der Waals surface area contributed by atoms with E-state index >= 15 is 0 Å². The van der Waals surface area contributed by atoms with Crippen LogP contribution in [0, 0.1) is 34.5 Å². The average Bonchev–Trinajstić information content (AvgIpc) is 2.84. The zero-order valence-corrected chi connectivity index (χ0v) is 14.1. The lowest BCUT2D eigenvalue weighted by atomic mass is 9.48. The van der Waals surface area contributed by atoms with Crippen molar-refractivity contribution >= 4 is 0 Å². The van der Waals surface area contributed by atoms with Gasteiger partial charge in [0.1, 0.15) is 0 Å². The summed E-state index contributed by atoms with van der Waals surface area (Å²) < 4.78 is 0. The van der Waals surface area contributed by atoms with Gasteiger partial charge < -0.3 is 5.11 Å². The minimum atomic E-state index is -0.356. The van der Waals surface area contributed by atoms with Gasteiger partial charge in [-0.3, -0.25) is 0 Å². The zero-order valence-electron chi connectivity index (χ0n) is 14.1. The summed E-state index contributed by atoms with van der Waals surface area (Å²) in [5.41, 5.74) is 2.21. The van der Waals surface area contributed by atoms with Gasteiger partial charge >= 0.3 is 0 Å². The number of aliphatic hydroxyl groups excluding tert-OH is 1. The Balaban J connectivity index is 1.68. The first-order chi connectivity index (χ1) is 10.5. The molecule has 1 heteroatoms. The highest BCUT2D eigenvalue weighted by atomic mass is 16.3. The lowest BCUT2D eigenvalue weighted by molar-refractivity contribution is -0.0272.